The lowest BCUT2D eigenvalue weighted by molar-refractivity contribution is -0.145. The highest BCUT2D eigenvalue weighted by molar-refractivity contribution is 7.91. The fraction of sp³-hybridized carbons (Fsp3) is 0.867. The van der Waals surface area contributed by atoms with Crippen molar-refractivity contribution in [3.63, 3.8) is 0 Å². The Hall–Kier alpha value is -1.11. The lowest BCUT2D eigenvalue weighted by Gasteiger charge is -2.30. The molecule has 2 fully saturated rings. The summed E-state index contributed by atoms with van der Waals surface area (Å²) in [4.78, 5) is 26.7. The third kappa shape index (κ3) is 3.45. The van der Waals surface area contributed by atoms with Gasteiger partial charge in [-0.3, -0.25) is 9.59 Å². The Morgan fingerprint density at radius 3 is 2.41 bits per heavy atom. The molecule has 2 amide bonds. The molecule has 0 aromatic rings. The average Bonchev–Trinajstić information content (AvgIpc) is 3.20. The molecular formula is C15H26N2O4S. The second-order valence-electron chi connectivity index (χ2n) is 6.34. The minimum absolute atomic E-state index is 0.0279. The third-order valence-corrected chi connectivity index (χ3v) is 6.41. The highest BCUT2D eigenvalue weighted by Crippen LogP contribution is 2.48. The van der Waals surface area contributed by atoms with E-state index in [0.29, 0.717) is 32.4 Å². The van der Waals surface area contributed by atoms with E-state index in [9.17, 15) is 18.0 Å². The van der Waals surface area contributed by atoms with Gasteiger partial charge in [-0.2, -0.15) is 0 Å². The number of nitrogens with one attached hydrogen (secondary N) is 1. The van der Waals surface area contributed by atoms with E-state index in [4.69, 9.17) is 0 Å². The minimum atomic E-state index is -3.04. The standard InChI is InChI=1S/C15H26N2O4S/c1-3-5-9-16-13(18)15(7-8-15)14(19)17(4-2)12-6-10-22(20,21)11-12/h12H,3-11H2,1-2H3,(H,16,18). The summed E-state index contributed by atoms with van der Waals surface area (Å²) in [7, 11) is -3.04. The molecule has 1 aliphatic carbocycles. The molecule has 7 heteroatoms. The predicted octanol–water partition coefficient (Wildman–Crippen LogP) is 0.719. The van der Waals surface area contributed by atoms with Gasteiger partial charge in [0.05, 0.1) is 11.5 Å². The molecule has 1 N–H and O–H groups in total. The largest absolute Gasteiger partial charge is 0.355 e. The quantitative estimate of drug-likeness (QED) is 0.551. The van der Waals surface area contributed by atoms with Crippen LogP contribution in [-0.4, -0.2) is 55.8 Å². The van der Waals surface area contributed by atoms with Crippen molar-refractivity contribution in [2.45, 2.75) is 52.0 Å². The van der Waals surface area contributed by atoms with Gasteiger partial charge < -0.3 is 10.2 Å². The molecule has 1 heterocycles. The van der Waals surface area contributed by atoms with Crippen LogP contribution >= 0.6 is 0 Å². The zero-order valence-electron chi connectivity index (χ0n) is 13.4. The van der Waals surface area contributed by atoms with Gasteiger partial charge in [-0.05, 0) is 32.6 Å². The smallest absolute Gasteiger partial charge is 0.238 e. The first-order valence-corrected chi connectivity index (χ1v) is 9.98. The summed E-state index contributed by atoms with van der Waals surface area (Å²) in [5.41, 5.74) is -0.934. The van der Waals surface area contributed by atoms with Crippen LogP contribution in [0.4, 0.5) is 0 Å². The topological polar surface area (TPSA) is 83.6 Å². The summed E-state index contributed by atoms with van der Waals surface area (Å²) in [6.45, 7) is 4.93. The Balaban J connectivity index is 2.03. The molecule has 0 bridgehead atoms. The molecular weight excluding hydrogens is 304 g/mol. The molecule has 2 rings (SSSR count). The first-order valence-electron chi connectivity index (χ1n) is 8.16. The van der Waals surface area contributed by atoms with Crippen LogP contribution < -0.4 is 5.32 Å². The lowest BCUT2D eigenvalue weighted by atomic mass is 10.0. The van der Waals surface area contributed by atoms with Gasteiger partial charge in [0.15, 0.2) is 9.84 Å². The van der Waals surface area contributed by atoms with E-state index in [1.807, 2.05) is 13.8 Å². The van der Waals surface area contributed by atoms with Gasteiger partial charge in [0.25, 0.3) is 0 Å². The molecule has 6 nitrogen and oxygen atoms in total. The van der Waals surface area contributed by atoms with Crippen molar-refractivity contribution in [3.8, 4) is 0 Å². The van der Waals surface area contributed by atoms with Gasteiger partial charge in [0, 0.05) is 19.1 Å². The van der Waals surface area contributed by atoms with Gasteiger partial charge in [-0.25, -0.2) is 8.42 Å². The molecule has 0 aromatic carbocycles. The number of hydrogen-bond acceptors (Lipinski definition) is 4. The van der Waals surface area contributed by atoms with Gasteiger partial charge >= 0.3 is 0 Å². The molecule has 1 unspecified atom stereocenters. The molecule has 0 radical (unpaired) electrons. The van der Waals surface area contributed by atoms with Crippen molar-refractivity contribution in [1.82, 2.24) is 10.2 Å². The zero-order chi connectivity index (χ0) is 16.4. The number of rotatable bonds is 7. The van der Waals surface area contributed by atoms with Crippen LogP contribution in [-0.2, 0) is 19.4 Å². The van der Waals surface area contributed by atoms with Gasteiger partial charge in [-0.15, -0.1) is 0 Å². The normalized spacial score (nSPS) is 24.7. The Bertz CT molecular complexity index is 540. The Morgan fingerprint density at radius 1 is 1.27 bits per heavy atom. The molecule has 126 valence electrons. The van der Waals surface area contributed by atoms with E-state index in [1.54, 1.807) is 4.90 Å². The molecule has 1 saturated heterocycles. The van der Waals surface area contributed by atoms with E-state index in [0.717, 1.165) is 12.8 Å². The third-order valence-electron chi connectivity index (χ3n) is 4.66. The maximum Gasteiger partial charge on any atom is 0.238 e. The molecule has 22 heavy (non-hydrogen) atoms. The van der Waals surface area contributed by atoms with Crippen LogP contribution in [0.3, 0.4) is 0 Å². The number of carbonyl (C=O) groups excluding carboxylic acids is 2. The number of sulfone groups is 1. The second-order valence-corrected chi connectivity index (χ2v) is 8.57. The monoisotopic (exact) mass is 330 g/mol. The predicted molar refractivity (Wildman–Crippen MR) is 84.0 cm³/mol. The van der Waals surface area contributed by atoms with E-state index >= 15 is 0 Å². The van der Waals surface area contributed by atoms with E-state index in [2.05, 4.69) is 5.32 Å². The van der Waals surface area contributed by atoms with Gasteiger partial charge in [0.1, 0.15) is 5.41 Å². The van der Waals surface area contributed by atoms with Crippen molar-refractivity contribution in [1.29, 1.82) is 0 Å². The van der Waals surface area contributed by atoms with Crippen molar-refractivity contribution >= 4 is 21.7 Å². The van der Waals surface area contributed by atoms with Gasteiger partial charge in [-0.1, -0.05) is 13.3 Å². The Labute approximate surface area is 132 Å². The first-order chi connectivity index (χ1) is 10.4. The van der Waals surface area contributed by atoms with Crippen LogP contribution in [0.1, 0.15) is 46.0 Å². The summed E-state index contributed by atoms with van der Waals surface area (Å²) < 4.78 is 23.3. The highest BCUT2D eigenvalue weighted by atomic mass is 32.2. The highest BCUT2D eigenvalue weighted by Gasteiger charge is 2.58. The molecule has 0 aromatic heterocycles. The second kappa shape index (κ2) is 6.56. The SMILES string of the molecule is CCCCNC(=O)C1(C(=O)N(CC)C2CCS(=O)(=O)C2)CC1. The van der Waals surface area contributed by atoms with Crippen molar-refractivity contribution < 1.29 is 18.0 Å². The Morgan fingerprint density at radius 2 is 1.95 bits per heavy atom. The number of nitrogens with zero attached hydrogens (tertiary/aromatic N) is 1. The first kappa shape index (κ1) is 17.2. The van der Waals surface area contributed by atoms with Crippen molar-refractivity contribution in [2.24, 2.45) is 5.41 Å². The fourth-order valence-corrected chi connectivity index (χ4v) is 4.81. The lowest BCUT2D eigenvalue weighted by Crippen LogP contribution is -2.49. The minimum Gasteiger partial charge on any atom is -0.355 e. The van der Waals surface area contributed by atoms with Crippen LogP contribution in [0, 0.1) is 5.41 Å². The maximum absolute atomic E-state index is 12.8. The molecule has 0 spiro atoms. The van der Waals surface area contributed by atoms with Crippen LogP contribution in [0.2, 0.25) is 0 Å². The van der Waals surface area contributed by atoms with Crippen LogP contribution in [0.25, 0.3) is 0 Å². The van der Waals surface area contributed by atoms with E-state index < -0.39 is 15.3 Å². The fourth-order valence-electron chi connectivity index (χ4n) is 3.07. The number of carbonyl (C=O) groups is 2. The molecule has 1 atom stereocenters. The van der Waals surface area contributed by atoms with Crippen molar-refractivity contribution in [2.75, 3.05) is 24.6 Å². The summed E-state index contributed by atoms with van der Waals surface area (Å²) >= 11 is 0. The number of amides is 2. The van der Waals surface area contributed by atoms with Crippen LogP contribution in [0.5, 0.6) is 0 Å². The van der Waals surface area contributed by atoms with E-state index in [1.165, 1.54) is 0 Å². The Kier molecular flexibility index (Phi) is 5.14. The zero-order valence-corrected chi connectivity index (χ0v) is 14.2. The number of unbranched alkanes of at least 4 members (excludes halogenated alkanes) is 1. The maximum atomic E-state index is 12.8. The summed E-state index contributed by atoms with van der Waals surface area (Å²) in [6, 6.07) is -0.275. The van der Waals surface area contributed by atoms with Crippen molar-refractivity contribution in [3.05, 3.63) is 0 Å². The molecule has 2 aliphatic rings. The summed E-state index contributed by atoms with van der Waals surface area (Å²) in [5, 5.41) is 2.85. The number of hydrogen-bond donors (Lipinski definition) is 1. The summed E-state index contributed by atoms with van der Waals surface area (Å²) in [6.07, 6.45) is 3.51. The van der Waals surface area contributed by atoms with Crippen LogP contribution in [0.15, 0.2) is 0 Å². The van der Waals surface area contributed by atoms with E-state index in [-0.39, 0.29) is 29.4 Å². The average molecular weight is 330 g/mol. The summed E-state index contributed by atoms with van der Waals surface area (Å²) in [5.74, 6) is -0.214. The van der Waals surface area contributed by atoms with Gasteiger partial charge in [0.2, 0.25) is 11.8 Å². The molecule has 1 aliphatic heterocycles. The molecule has 1 saturated carbocycles.